The van der Waals surface area contributed by atoms with Gasteiger partial charge in [0.25, 0.3) is 0 Å². The van der Waals surface area contributed by atoms with Crippen LogP contribution in [0.2, 0.25) is 0 Å². The van der Waals surface area contributed by atoms with Gasteiger partial charge in [0.1, 0.15) is 5.60 Å². The van der Waals surface area contributed by atoms with Crippen molar-refractivity contribution in [2.24, 2.45) is 17.3 Å². The van der Waals surface area contributed by atoms with E-state index < -0.39 is 5.60 Å². The van der Waals surface area contributed by atoms with Crippen molar-refractivity contribution in [2.45, 2.75) is 73.3 Å². The minimum Gasteiger partial charge on any atom is -0.444 e. The summed E-state index contributed by atoms with van der Waals surface area (Å²) in [7, 11) is 0. The van der Waals surface area contributed by atoms with Crippen molar-refractivity contribution in [3.63, 3.8) is 0 Å². The zero-order valence-electron chi connectivity index (χ0n) is 14.5. The van der Waals surface area contributed by atoms with Crippen molar-refractivity contribution >= 4 is 6.09 Å². The topological polar surface area (TPSA) is 29.5 Å². The Kier molecular flexibility index (Phi) is 5.51. The highest BCUT2D eigenvalue weighted by Crippen LogP contribution is 2.44. The molecule has 1 amide bonds. The maximum atomic E-state index is 12.1. The van der Waals surface area contributed by atoms with Gasteiger partial charge in [-0.05, 0) is 57.3 Å². The summed E-state index contributed by atoms with van der Waals surface area (Å²) in [5, 5.41) is 0. The van der Waals surface area contributed by atoms with E-state index in [4.69, 9.17) is 4.74 Å². The minimum atomic E-state index is -0.401. The number of carbonyl (C=O) groups excluding carboxylic acids is 1. The maximum absolute atomic E-state index is 12.1. The molecule has 0 spiro atoms. The van der Waals surface area contributed by atoms with Crippen molar-refractivity contribution in [3.8, 4) is 0 Å². The van der Waals surface area contributed by atoms with E-state index >= 15 is 0 Å². The third-order valence-corrected chi connectivity index (χ3v) is 4.45. The van der Waals surface area contributed by atoms with Crippen molar-refractivity contribution in [1.29, 1.82) is 0 Å². The van der Waals surface area contributed by atoms with Gasteiger partial charge >= 0.3 is 6.09 Å². The van der Waals surface area contributed by atoms with E-state index in [1.54, 1.807) is 0 Å². The normalized spacial score (nSPS) is 19.6. The highest BCUT2D eigenvalue weighted by Gasteiger charge is 2.39. The molecule has 0 saturated carbocycles. The molecule has 20 heavy (non-hydrogen) atoms. The fraction of sp³-hybridized carbons (Fsp3) is 0.941. The number of ether oxygens (including phenoxy) is 1. The van der Waals surface area contributed by atoms with Crippen LogP contribution in [0.15, 0.2) is 0 Å². The zero-order valence-corrected chi connectivity index (χ0v) is 14.5. The lowest BCUT2D eigenvalue weighted by molar-refractivity contribution is -0.00231. The molecular weight excluding hydrogens is 250 g/mol. The number of piperidine rings is 1. The monoisotopic (exact) mass is 283 g/mol. The van der Waals surface area contributed by atoms with Crippen LogP contribution in [-0.4, -0.2) is 29.7 Å². The highest BCUT2D eigenvalue weighted by atomic mass is 16.6. The molecule has 0 aromatic rings. The van der Waals surface area contributed by atoms with Crippen LogP contribution in [0.1, 0.15) is 67.7 Å². The molecule has 0 radical (unpaired) electrons. The number of hydrogen-bond acceptors (Lipinski definition) is 2. The highest BCUT2D eigenvalue weighted by molar-refractivity contribution is 5.68. The van der Waals surface area contributed by atoms with Gasteiger partial charge in [-0.1, -0.05) is 27.7 Å². The Morgan fingerprint density at radius 2 is 1.65 bits per heavy atom. The number of nitrogens with zero attached hydrogens (tertiary/aromatic N) is 1. The van der Waals surface area contributed by atoms with E-state index in [0.717, 1.165) is 25.9 Å². The second kappa shape index (κ2) is 6.36. The van der Waals surface area contributed by atoms with E-state index in [1.165, 1.54) is 6.42 Å². The molecule has 0 unspecified atom stereocenters. The molecule has 0 N–H and O–H groups in total. The predicted octanol–water partition coefficient (Wildman–Crippen LogP) is 4.71. The van der Waals surface area contributed by atoms with Gasteiger partial charge in [-0.3, -0.25) is 0 Å². The van der Waals surface area contributed by atoms with E-state index in [9.17, 15) is 4.79 Å². The van der Waals surface area contributed by atoms with Gasteiger partial charge in [0.05, 0.1) is 0 Å². The minimum absolute atomic E-state index is 0.153. The van der Waals surface area contributed by atoms with Crippen LogP contribution < -0.4 is 0 Å². The fourth-order valence-corrected chi connectivity index (χ4v) is 3.29. The third-order valence-electron chi connectivity index (χ3n) is 4.45. The molecule has 1 saturated heterocycles. The third kappa shape index (κ3) is 4.68. The molecule has 118 valence electrons. The Hall–Kier alpha value is -0.730. The smallest absolute Gasteiger partial charge is 0.410 e. The number of rotatable bonds is 3. The molecule has 1 fully saturated rings. The molecule has 3 heteroatoms. The number of likely N-dealkylation sites (tertiary alicyclic amines) is 1. The fourth-order valence-electron chi connectivity index (χ4n) is 3.29. The summed E-state index contributed by atoms with van der Waals surface area (Å²) in [6.45, 7) is 16.7. The first-order chi connectivity index (χ1) is 9.06. The summed E-state index contributed by atoms with van der Waals surface area (Å²) in [5.41, 5.74) is -0.00568. The average Bonchev–Trinajstić information content (AvgIpc) is 2.26. The summed E-state index contributed by atoms with van der Waals surface area (Å²) < 4.78 is 5.47. The zero-order chi connectivity index (χ0) is 15.6. The Morgan fingerprint density at radius 1 is 1.15 bits per heavy atom. The molecule has 0 bridgehead atoms. The SMILES string of the molecule is CC(C)CC1(C(C)C)CCN(C(=O)OC(C)(C)C)CC1. The molecule has 3 nitrogen and oxygen atoms in total. The summed E-state index contributed by atoms with van der Waals surface area (Å²) >= 11 is 0. The van der Waals surface area contributed by atoms with Gasteiger partial charge < -0.3 is 9.64 Å². The average molecular weight is 283 g/mol. The van der Waals surface area contributed by atoms with Crippen molar-refractivity contribution < 1.29 is 9.53 Å². The first-order valence-electron chi connectivity index (χ1n) is 8.04. The van der Waals surface area contributed by atoms with Crippen LogP contribution in [0.4, 0.5) is 4.79 Å². The van der Waals surface area contributed by atoms with Crippen molar-refractivity contribution in [1.82, 2.24) is 4.90 Å². The van der Waals surface area contributed by atoms with E-state index in [2.05, 4.69) is 27.7 Å². The second-order valence-corrected chi connectivity index (χ2v) is 8.08. The number of hydrogen-bond donors (Lipinski definition) is 0. The van der Waals surface area contributed by atoms with Crippen LogP contribution in [0.25, 0.3) is 0 Å². The maximum Gasteiger partial charge on any atom is 0.410 e. The Morgan fingerprint density at radius 3 is 2.00 bits per heavy atom. The summed E-state index contributed by atoms with van der Waals surface area (Å²) in [4.78, 5) is 14.0. The van der Waals surface area contributed by atoms with Crippen LogP contribution in [0.5, 0.6) is 0 Å². The summed E-state index contributed by atoms with van der Waals surface area (Å²) in [6.07, 6.45) is 3.30. The molecule has 0 aromatic heterocycles. The molecule has 0 aromatic carbocycles. The predicted molar refractivity (Wildman–Crippen MR) is 83.8 cm³/mol. The lowest BCUT2D eigenvalue weighted by atomic mass is 9.66. The molecular formula is C17H33NO2. The Bertz CT molecular complexity index is 320. The van der Waals surface area contributed by atoms with Gasteiger partial charge in [0.2, 0.25) is 0 Å². The Labute approximate surface area is 125 Å². The molecule has 0 aliphatic carbocycles. The van der Waals surface area contributed by atoms with Gasteiger partial charge in [0, 0.05) is 13.1 Å². The molecule has 1 aliphatic rings. The van der Waals surface area contributed by atoms with Crippen LogP contribution >= 0.6 is 0 Å². The molecule has 0 atom stereocenters. The number of carbonyl (C=O) groups is 1. The summed E-state index contributed by atoms with van der Waals surface area (Å²) in [5.74, 6) is 1.39. The van der Waals surface area contributed by atoms with Crippen molar-refractivity contribution in [3.05, 3.63) is 0 Å². The first kappa shape index (κ1) is 17.3. The van der Waals surface area contributed by atoms with Crippen LogP contribution in [0.3, 0.4) is 0 Å². The molecule has 1 aliphatic heterocycles. The van der Waals surface area contributed by atoms with Crippen molar-refractivity contribution in [2.75, 3.05) is 13.1 Å². The lowest BCUT2D eigenvalue weighted by Crippen LogP contribution is -2.47. The van der Waals surface area contributed by atoms with E-state index in [-0.39, 0.29) is 6.09 Å². The van der Waals surface area contributed by atoms with Gasteiger partial charge in [0.15, 0.2) is 0 Å². The standard InChI is InChI=1S/C17H33NO2/c1-13(2)12-17(14(3)4)8-10-18(11-9-17)15(19)20-16(5,6)7/h13-14H,8-12H2,1-7H3. The van der Waals surface area contributed by atoms with E-state index in [1.807, 2.05) is 25.7 Å². The van der Waals surface area contributed by atoms with Crippen LogP contribution in [-0.2, 0) is 4.74 Å². The van der Waals surface area contributed by atoms with Crippen LogP contribution in [0, 0.1) is 17.3 Å². The van der Waals surface area contributed by atoms with Gasteiger partial charge in [-0.15, -0.1) is 0 Å². The first-order valence-corrected chi connectivity index (χ1v) is 8.04. The summed E-state index contributed by atoms with van der Waals surface area (Å²) in [6, 6.07) is 0. The quantitative estimate of drug-likeness (QED) is 0.751. The van der Waals surface area contributed by atoms with E-state index in [0.29, 0.717) is 17.3 Å². The molecule has 1 rings (SSSR count). The lowest BCUT2D eigenvalue weighted by Gasteiger charge is -2.45. The largest absolute Gasteiger partial charge is 0.444 e. The van der Waals surface area contributed by atoms with Gasteiger partial charge in [-0.25, -0.2) is 4.79 Å². The number of amides is 1. The molecule has 1 heterocycles. The Balaban J connectivity index is 2.63. The van der Waals surface area contributed by atoms with Gasteiger partial charge in [-0.2, -0.15) is 0 Å². The second-order valence-electron chi connectivity index (χ2n) is 8.08.